The zero-order chi connectivity index (χ0) is 25.1. The van der Waals surface area contributed by atoms with Crippen LogP contribution in [0.25, 0.3) is 0 Å². The number of carboxylic acids is 1. The van der Waals surface area contributed by atoms with Crippen molar-refractivity contribution in [1.29, 1.82) is 0 Å². The van der Waals surface area contributed by atoms with Gasteiger partial charge in [-0.3, -0.25) is 9.78 Å². The fourth-order valence-electron chi connectivity index (χ4n) is 4.63. The number of aliphatic carboxylic acids is 1. The summed E-state index contributed by atoms with van der Waals surface area (Å²) in [6.45, 7) is 2.24. The number of hydrogen-bond acceptors (Lipinski definition) is 5. The van der Waals surface area contributed by atoms with Gasteiger partial charge in [0.15, 0.2) is 0 Å². The Morgan fingerprint density at radius 1 is 1.17 bits per heavy atom. The Balaban J connectivity index is 1.51. The van der Waals surface area contributed by atoms with Crippen LogP contribution in [0.1, 0.15) is 42.4 Å². The number of sulfonamides is 1. The van der Waals surface area contributed by atoms with E-state index in [1.165, 1.54) is 12.1 Å². The second-order valence-corrected chi connectivity index (χ2v) is 10.8. The second-order valence-electron chi connectivity index (χ2n) is 9.08. The molecule has 4 rings (SSSR count). The number of carboxylic acid groups (broad SMARTS) is 1. The number of hydrogen-bond donors (Lipinski definition) is 3. The molecule has 2 aromatic carbocycles. The number of halogens is 1. The van der Waals surface area contributed by atoms with Crippen LogP contribution in [0, 0.1) is 5.82 Å². The minimum Gasteiger partial charge on any atom is -0.481 e. The van der Waals surface area contributed by atoms with Crippen LogP contribution in [0.5, 0.6) is 0 Å². The van der Waals surface area contributed by atoms with Crippen molar-refractivity contribution in [2.45, 2.75) is 49.0 Å². The van der Waals surface area contributed by atoms with Gasteiger partial charge < -0.3 is 10.4 Å². The fourth-order valence-corrected chi connectivity index (χ4v) is 5.66. The molecule has 2 unspecified atom stereocenters. The van der Waals surface area contributed by atoms with Crippen molar-refractivity contribution in [2.75, 3.05) is 11.9 Å². The highest BCUT2D eigenvalue weighted by Crippen LogP contribution is 2.47. The summed E-state index contributed by atoms with van der Waals surface area (Å²) in [7, 11) is -3.74. The van der Waals surface area contributed by atoms with Gasteiger partial charge in [-0.05, 0) is 79.3 Å². The normalized spacial score (nSPS) is 19.2. The third-order valence-electron chi connectivity index (χ3n) is 6.53. The molecule has 9 heteroatoms. The van der Waals surface area contributed by atoms with Crippen LogP contribution < -0.4 is 10.0 Å². The van der Waals surface area contributed by atoms with Gasteiger partial charge in [0.1, 0.15) is 5.82 Å². The standard InChI is InChI=1S/C26H28FN3O4S/c1-26(12-10-25(31)32)23(16-19-3-2-13-28-17-19)22-15-18(4-9-24(22)30-26)11-14-29-35(33,34)21-7-5-20(27)6-8-21/h2-9,13,15,17,23,29-30H,10-12,14,16H2,1H3,(H,31,32). The van der Waals surface area contributed by atoms with Gasteiger partial charge in [-0.25, -0.2) is 17.5 Å². The van der Waals surface area contributed by atoms with E-state index in [2.05, 4.69) is 21.1 Å². The van der Waals surface area contributed by atoms with Gasteiger partial charge in [-0.1, -0.05) is 18.2 Å². The predicted molar refractivity (Wildman–Crippen MR) is 131 cm³/mol. The highest BCUT2D eigenvalue weighted by atomic mass is 32.2. The number of nitrogens with one attached hydrogen (secondary N) is 2. The van der Waals surface area contributed by atoms with E-state index in [1.54, 1.807) is 6.20 Å². The summed E-state index contributed by atoms with van der Waals surface area (Å²) in [5, 5.41) is 12.8. The lowest BCUT2D eigenvalue weighted by molar-refractivity contribution is -0.137. The molecule has 0 spiro atoms. The first-order valence-corrected chi connectivity index (χ1v) is 12.9. The second kappa shape index (κ2) is 10.1. The molecule has 3 aromatic rings. The maximum atomic E-state index is 13.1. The van der Waals surface area contributed by atoms with Crippen LogP contribution in [-0.4, -0.2) is 36.6 Å². The molecule has 0 saturated heterocycles. The first-order chi connectivity index (χ1) is 16.7. The van der Waals surface area contributed by atoms with Gasteiger partial charge in [-0.2, -0.15) is 0 Å². The molecule has 2 atom stereocenters. The van der Waals surface area contributed by atoms with Crippen molar-refractivity contribution < 1.29 is 22.7 Å². The van der Waals surface area contributed by atoms with Crippen molar-refractivity contribution in [3.8, 4) is 0 Å². The van der Waals surface area contributed by atoms with Crippen molar-refractivity contribution in [2.24, 2.45) is 0 Å². The van der Waals surface area contributed by atoms with E-state index in [1.807, 2.05) is 37.4 Å². The minimum absolute atomic E-state index is 0.0165. The van der Waals surface area contributed by atoms with Crippen molar-refractivity contribution in [1.82, 2.24) is 9.71 Å². The Labute approximate surface area is 204 Å². The van der Waals surface area contributed by atoms with Gasteiger partial charge in [0.05, 0.1) is 4.90 Å². The lowest BCUT2D eigenvalue weighted by Crippen LogP contribution is -2.37. The summed E-state index contributed by atoms with van der Waals surface area (Å²) < 4.78 is 40.7. The highest BCUT2D eigenvalue weighted by Gasteiger charge is 2.42. The van der Waals surface area contributed by atoms with E-state index in [9.17, 15) is 22.7 Å². The van der Waals surface area contributed by atoms with Crippen molar-refractivity contribution in [3.05, 3.63) is 89.5 Å². The predicted octanol–water partition coefficient (Wildman–Crippen LogP) is 4.12. The SMILES string of the molecule is CC1(CCC(=O)O)Nc2ccc(CCNS(=O)(=O)c3ccc(F)cc3)cc2C1Cc1cccnc1. The Kier molecular flexibility index (Phi) is 7.18. The monoisotopic (exact) mass is 497 g/mol. The van der Waals surface area contributed by atoms with Crippen molar-refractivity contribution in [3.63, 3.8) is 0 Å². The number of benzene rings is 2. The van der Waals surface area contributed by atoms with E-state index < -0.39 is 27.3 Å². The van der Waals surface area contributed by atoms with Crippen LogP contribution in [0.15, 0.2) is 71.9 Å². The third-order valence-corrected chi connectivity index (χ3v) is 8.01. The quantitative estimate of drug-likeness (QED) is 0.389. The van der Waals surface area contributed by atoms with Crippen molar-refractivity contribution >= 4 is 21.7 Å². The van der Waals surface area contributed by atoms with E-state index >= 15 is 0 Å². The van der Waals surface area contributed by atoms with Crippen LogP contribution in [0.2, 0.25) is 0 Å². The summed E-state index contributed by atoms with van der Waals surface area (Å²) >= 11 is 0. The highest BCUT2D eigenvalue weighted by molar-refractivity contribution is 7.89. The zero-order valence-corrected chi connectivity index (χ0v) is 20.2. The Morgan fingerprint density at radius 2 is 1.94 bits per heavy atom. The lowest BCUT2D eigenvalue weighted by atomic mass is 9.77. The van der Waals surface area contributed by atoms with Gasteiger partial charge >= 0.3 is 5.97 Å². The smallest absolute Gasteiger partial charge is 0.303 e. The summed E-state index contributed by atoms with van der Waals surface area (Å²) in [6.07, 6.45) is 5.24. The molecule has 1 aromatic heterocycles. The molecule has 184 valence electrons. The molecule has 35 heavy (non-hydrogen) atoms. The number of pyridine rings is 1. The van der Waals surface area contributed by atoms with Crippen LogP contribution >= 0.6 is 0 Å². The molecule has 0 aliphatic carbocycles. The number of nitrogens with zero attached hydrogens (tertiary/aromatic N) is 1. The first-order valence-electron chi connectivity index (χ1n) is 11.4. The maximum Gasteiger partial charge on any atom is 0.303 e. The molecule has 7 nitrogen and oxygen atoms in total. The van der Waals surface area contributed by atoms with E-state index in [0.29, 0.717) is 19.3 Å². The molecule has 1 aliphatic rings. The molecule has 0 bridgehead atoms. The molecule has 3 N–H and O–H groups in total. The third kappa shape index (κ3) is 5.86. The molecular formula is C26H28FN3O4S. The maximum absolute atomic E-state index is 13.1. The number of rotatable bonds is 10. The number of fused-ring (bicyclic) bond motifs is 1. The van der Waals surface area contributed by atoms with Gasteiger partial charge in [-0.15, -0.1) is 0 Å². The molecule has 2 heterocycles. The molecule has 0 saturated carbocycles. The van der Waals surface area contributed by atoms with Crippen LogP contribution in [-0.2, 0) is 27.7 Å². The number of anilines is 1. The average molecular weight is 498 g/mol. The summed E-state index contributed by atoms with van der Waals surface area (Å²) in [6, 6.07) is 14.6. The number of aromatic nitrogens is 1. The topological polar surface area (TPSA) is 108 Å². The largest absolute Gasteiger partial charge is 0.481 e. The van der Waals surface area contributed by atoms with Crippen LogP contribution in [0.4, 0.5) is 10.1 Å². The number of carbonyl (C=O) groups is 1. The van der Waals surface area contributed by atoms with Crippen LogP contribution in [0.3, 0.4) is 0 Å². The molecule has 0 amide bonds. The fraction of sp³-hybridized carbons (Fsp3) is 0.308. The minimum atomic E-state index is -3.74. The molecule has 0 fully saturated rings. The lowest BCUT2D eigenvalue weighted by Gasteiger charge is -2.32. The van der Waals surface area contributed by atoms with Gasteiger partial charge in [0, 0.05) is 42.5 Å². The average Bonchev–Trinajstić information content (AvgIpc) is 3.10. The molecule has 0 radical (unpaired) electrons. The zero-order valence-electron chi connectivity index (χ0n) is 19.4. The summed E-state index contributed by atoms with van der Waals surface area (Å²) in [5.74, 6) is -1.30. The first kappa shape index (κ1) is 24.8. The van der Waals surface area contributed by atoms with Gasteiger partial charge in [0.25, 0.3) is 0 Å². The van der Waals surface area contributed by atoms with E-state index in [0.717, 1.165) is 34.5 Å². The Bertz CT molecular complexity index is 1300. The Hall–Kier alpha value is -3.30. The van der Waals surface area contributed by atoms with E-state index in [-0.39, 0.29) is 23.8 Å². The van der Waals surface area contributed by atoms with E-state index in [4.69, 9.17) is 0 Å². The Morgan fingerprint density at radius 3 is 2.63 bits per heavy atom. The molecule has 1 aliphatic heterocycles. The van der Waals surface area contributed by atoms with Gasteiger partial charge in [0.2, 0.25) is 10.0 Å². The summed E-state index contributed by atoms with van der Waals surface area (Å²) in [5.41, 5.74) is 3.62. The summed E-state index contributed by atoms with van der Waals surface area (Å²) in [4.78, 5) is 15.5. The molecular weight excluding hydrogens is 469 g/mol.